The molecule has 0 aliphatic carbocycles. The predicted octanol–water partition coefficient (Wildman–Crippen LogP) is 1.48. The van der Waals surface area contributed by atoms with E-state index in [1.165, 1.54) is 6.08 Å². The molecule has 1 rings (SSSR count). The zero-order valence-electron chi connectivity index (χ0n) is 8.72. The summed E-state index contributed by atoms with van der Waals surface area (Å²) >= 11 is 0. The molecule has 0 amide bonds. The van der Waals surface area contributed by atoms with Gasteiger partial charge in [-0.3, -0.25) is 0 Å². The molecule has 0 saturated heterocycles. The summed E-state index contributed by atoms with van der Waals surface area (Å²) in [6, 6.07) is 11.7. The van der Waals surface area contributed by atoms with Crippen LogP contribution < -0.4 is 0 Å². The molecule has 0 spiro atoms. The quantitative estimate of drug-likeness (QED) is 0.752. The van der Waals surface area contributed by atoms with Crippen molar-refractivity contribution in [1.82, 2.24) is 4.90 Å². The van der Waals surface area contributed by atoms with Gasteiger partial charge in [-0.05, 0) is 5.56 Å². The lowest BCUT2D eigenvalue weighted by atomic mass is 10.1. The number of hydrogen-bond acceptors (Lipinski definition) is 3. The number of nitriles is 1. The summed E-state index contributed by atoms with van der Waals surface area (Å²) in [6.45, 7) is 0.592. The Morgan fingerprint density at radius 2 is 2.13 bits per heavy atom. The van der Waals surface area contributed by atoms with Crippen LogP contribution in [-0.2, 0) is 0 Å². The van der Waals surface area contributed by atoms with Gasteiger partial charge in [-0.15, -0.1) is 0 Å². The molecule has 0 saturated carbocycles. The molecule has 0 unspecified atom stereocenters. The summed E-state index contributed by atoms with van der Waals surface area (Å²) < 4.78 is 0. The first-order valence-corrected chi connectivity index (χ1v) is 4.76. The number of aliphatic hydroxyl groups is 1. The van der Waals surface area contributed by atoms with E-state index in [1.807, 2.05) is 48.3 Å². The molecule has 15 heavy (non-hydrogen) atoms. The highest BCUT2D eigenvalue weighted by atomic mass is 16.3. The van der Waals surface area contributed by atoms with Gasteiger partial charge in [-0.1, -0.05) is 30.3 Å². The summed E-state index contributed by atoms with van der Waals surface area (Å²) in [4.78, 5) is 1.86. The number of nitrogens with zero attached hydrogens (tertiary/aromatic N) is 2. The molecule has 0 aliphatic heterocycles. The van der Waals surface area contributed by atoms with Crippen LogP contribution in [0.5, 0.6) is 0 Å². The highest BCUT2D eigenvalue weighted by Crippen LogP contribution is 2.16. The third-order valence-corrected chi connectivity index (χ3v) is 2.12. The van der Waals surface area contributed by atoms with Gasteiger partial charge in [0.1, 0.15) is 0 Å². The van der Waals surface area contributed by atoms with Crippen LogP contribution in [0.4, 0.5) is 0 Å². The molecule has 1 aromatic rings. The molecule has 3 nitrogen and oxygen atoms in total. The maximum atomic E-state index is 8.85. The zero-order chi connectivity index (χ0) is 11.1. The van der Waals surface area contributed by atoms with E-state index in [9.17, 15) is 0 Å². The molecule has 78 valence electrons. The molecule has 0 fully saturated rings. The van der Waals surface area contributed by atoms with E-state index in [4.69, 9.17) is 10.4 Å². The van der Waals surface area contributed by atoms with Crippen molar-refractivity contribution in [3.05, 3.63) is 42.0 Å². The molecule has 1 aromatic carbocycles. The van der Waals surface area contributed by atoms with E-state index < -0.39 is 0 Å². The van der Waals surface area contributed by atoms with Crippen LogP contribution in [0.1, 0.15) is 5.56 Å². The monoisotopic (exact) mass is 202 g/mol. The largest absolute Gasteiger partial charge is 0.395 e. The third kappa shape index (κ3) is 3.12. The highest BCUT2D eigenvalue weighted by Gasteiger charge is 2.05. The molecular weight excluding hydrogens is 188 g/mol. The fraction of sp³-hybridized carbons (Fsp3) is 0.250. The molecule has 3 heteroatoms. The Balaban J connectivity index is 2.95. The number of likely N-dealkylation sites (N-methyl/N-ethyl adjacent to an activating group) is 1. The van der Waals surface area contributed by atoms with Gasteiger partial charge >= 0.3 is 0 Å². The first kappa shape index (κ1) is 11.3. The molecular formula is C12H14N2O. The van der Waals surface area contributed by atoms with Crippen molar-refractivity contribution in [2.75, 3.05) is 20.2 Å². The Morgan fingerprint density at radius 3 is 2.67 bits per heavy atom. The maximum absolute atomic E-state index is 8.85. The molecule has 0 radical (unpaired) electrons. The van der Waals surface area contributed by atoms with Gasteiger partial charge in [0.2, 0.25) is 0 Å². The second kappa shape index (κ2) is 5.84. The number of rotatable bonds is 4. The third-order valence-electron chi connectivity index (χ3n) is 2.12. The van der Waals surface area contributed by atoms with E-state index in [2.05, 4.69) is 0 Å². The Labute approximate surface area is 89.9 Å². The van der Waals surface area contributed by atoms with Crippen LogP contribution in [0, 0.1) is 11.3 Å². The van der Waals surface area contributed by atoms with Crippen molar-refractivity contribution >= 4 is 5.70 Å². The standard InChI is InChI=1S/C12H14N2O/c1-14(9-10-15)12(7-8-13)11-5-3-2-4-6-11/h2-7,15H,9-10H2,1H3/b12-7+. The van der Waals surface area contributed by atoms with Gasteiger partial charge in [0, 0.05) is 19.7 Å². The van der Waals surface area contributed by atoms with Crippen LogP contribution >= 0.6 is 0 Å². The van der Waals surface area contributed by atoms with Crippen LogP contribution in [0.3, 0.4) is 0 Å². The van der Waals surface area contributed by atoms with Crippen molar-refractivity contribution < 1.29 is 5.11 Å². The van der Waals surface area contributed by atoms with E-state index in [0.717, 1.165) is 11.3 Å². The van der Waals surface area contributed by atoms with E-state index in [1.54, 1.807) is 0 Å². The van der Waals surface area contributed by atoms with Crippen molar-refractivity contribution in [3.63, 3.8) is 0 Å². The van der Waals surface area contributed by atoms with E-state index in [-0.39, 0.29) is 6.61 Å². The highest BCUT2D eigenvalue weighted by molar-refractivity contribution is 5.65. The Hall–Kier alpha value is -1.79. The minimum atomic E-state index is 0.0755. The van der Waals surface area contributed by atoms with E-state index >= 15 is 0 Å². The van der Waals surface area contributed by atoms with Gasteiger partial charge in [0.05, 0.1) is 18.4 Å². The second-order valence-electron chi connectivity index (χ2n) is 3.17. The predicted molar refractivity (Wildman–Crippen MR) is 59.7 cm³/mol. The molecule has 0 aromatic heterocycles. The first-order valence-electron chi connectivity index (χ1n) is 4.76. The van der Waals surface area contributed by atoms with Gasteiger partial charge in [-0.25, -0.2) is 0 Å². The average molecular weight is 202 g/mol. The normalized spacial score (nSPS) is 10.9. The molecule has 0 atom stereocenters. The lowest BCUT2D eigenvalue weighted by Gasteiger charge is -2.21. The second-order valence-corrected chi connectivity index (χ2v) is 3.17. The number of hydrogen-bond donors (Lipinski definition) is 1. The summed E-state index contributed by atoms with van der Waals surface area (Å²) in [6.07, 6.45) is 1.49. The van der Waals surface area contributed by atoms with E-state index in [0.29, 0.717) is 6.54 Å². The van der Waals surface area contributed by atoms with Crippen LogP contribution in [0.25, 0.3) is 5.70 Å². The topological polar surface area (TPSA) is 47.3 Å². The van der Waals surface area contributed by atoms with Crippen LogP contribution in [0.15, 0.2) is 36.4 Å². The van der Waals surface area contributed by atoms with Gasteiger partial charge in [0.15, 0.2) is 0 Å². The Morgan fingerprint density at radius 1 is 1.47 bits per heavy atom. The lowest BCUT2D eigenvalue weighted by molar-refractivity contribution is 0.259. The lowest BCUT2D eigenvalue weighted by Crippen LogP contribution is -2.20. The number of benzene rings is 1. The summed E-state index contributed by atoms with van der Waals surface area (Å²) in [7, 11) is 1.85. The minimum absolute atomic E-state index is 0.0755. The summed E-state index contributed by atoms with van der Waals surface area (Å²) in [5.74, 6) is 0. The van der Waals surface area contributed by atoms with Gasteiger partial charge in [-0.2, -0.15) is 5.26 Å². The van der Waals surface area contributed by atoms with Crippen molar-refractivity contribution in [3.8, 4) is 6.07 Å². The molecule has 1 N–H and O–H groups in total. The first-order chi connectivity index (χ1) is 7.29. The fourth-order valence-electron chi connectivity index (χ4n) is 1.35. The summed E-state index contributed by atoms with van der Waals surface area (Å²) in [5.41, 5.74) is 1.81. The van der Waals surface area contributed by atoms with Crippen molar-refractivity contribution in [1.29, 1.82) is 5.26 Å². The molecule has 0 aliphatic rings. The summed E-state index contributed by atoms with van der Waals surface area (Å²) in [5, 5.41) is 17.5. The minimum Gasteiger partial charge on any atom is -0.395 e. The zero-order valence-corrected chi connectivity index (χ0v) is 8.72. The number of allylic oxidation sites excluding steroid dienone is 1. The van der Waals surface area contributed by atoms with Gasteiger partial charge < -0.3 is 10.0 Å². The maximum Gasteiger partial charge on any atom is 0.0933 e. The van der Waals surface area contributed by atoms with Crippen molar-refractivity contribution in [2.24, 2.45) is 0 Å². The van der Waals surface area contributed by atoms with Gasteiger partial charge in [0.25, 0.3) is 0 Å². The van der Waals surface area contributed by atoms with Crippen LogP contribution in [-0.4, -0.2) is 30.2 Å². The number of aliphatic hydroxyl groups excluding tert-OH is 1. The average Bonchev–Trinajstić information content (AvgIpc) is 2.27. The smallest absolute Gasteiger partial charge is 0.0933 e. The Bertz CT molecular complexity index is 365. The molecule has 0 bridgehead atoms. The fourth-order valence-corrected chi connectivity index (χ4v) is 1.35. The SMILES string of the molecule is CN(CCO)/C(=C/C#N)c1ccccc1. The van der Waals surface area contributed by atoms with Crippen molar-refractivity contribution in [2.45, 2.75) is 0 Å². The Kier molecular flexibility index (Phi) is 4.39. The molecule has 0 heterocycles. The van der Waals surface area contributed by atoms with Crippen LogP contribution in [0.2, 0.25) is 0 Å².